The summed E-state index contributed by atoms with van der Waals surface area (Å²) < 4.78 is 38.4. The first-order chi connectivity index (χ1) is 16.3. The van der Waals surface area contributed by atoms with Crippen LogP contribution in [0.25, 0.3) is 0 Å². The van der Waals surface area contributed by atoms with Gasteiger partial charge in [0.05, 0.1) is 30.5 Å². The molecule has 3 aromatic rings. The lowest BCUT2D eigenvalue weighted by molar-refractivity contribution is -0.119. The Hall–Kier alpha value is -4.05. The second kappa shape index (κ2) is 10.7. The number of hydrogen-bond donors (Lipinski definition) is 2. The van der Waals surface area contributed by atoms with E-state index in [1.54, 1.807) is 49.4 Å². The quantitative estimate of drug-likeness (QED) is 0.357. The van der Waals surface area contributed by atoms with Crippen molar-refractivity contribution in [1.29, 1.82) is 0 Å². The molecule has 0 radical (unpaired) electrons. The zero-order chi connectivity index (χ0) is 24.7. The Morgan fingerprint density at radius 2 is 1.62 bits per heavy atom. The molecule has 0 heterocycles. The minimum absolute atomic E-state index is 0.00994. The van der Waals surface area contributed by atoms with Gasteiger partial charge >= 0.3 is 0 Å². The number of nitrogens with zero attached hydrogens (tertiary/aromatic N) is 2. The van der Waals surface area contributed by atoms with E-state index in [0.29, 0.717) is 17.0 Å². The van der Waals surface area contributed by atoms with Gasteiger partial charge in [-0.3, -0.25) is 9.10 Å². The molecule has 0 unspecified atom stereocenters. The zero-order valence-electron chi connectivity index (χ0n) is 18.9. The van der Waals surface area contributed by atoms with Crippen molar-refractivity contribution >= 4 is 27.3 Å². The van der Waals surface area contributed by atoms with Crippen molar-refractivity contribution in [2.24, 2.45) is 5.10 Å². The van der Waals surface area contributed by atoms with Gasteiger partial charge in [-0.1, -0.05) is 24.3 Å². The standard InChI is InChI=1S/C24H25N3O6S/c1-17(20-8-4-6-10-22(20)28)25-26-24(29)16-27(21-9-5-7-11-23(21)33-3)34(30,31)19-14-12-18(32-2)13-15-19/h4-15,28H,16H2,1-3H3,(H,26,29)/b25-17-. The van der Waals surface area contributed by atoms with Crippen LogP contribution in [0.1, 0.15) is 12.5 Å². The van der Waals surface area contributed by atoms with Crippen molar-refractivity contribution in [2.45, 2.75) is 11.8 Å². The number of benzene rings is 3. The van der Waals surface area contributed by atoms with Gasteiger partial charge in [0.1, 0.15) is 23.8 Å². The van der Waals surface area contributed by atoms with E-state index >= 15 is 0 Å². The molecule has 34 heavy (non-hydrogen) atoms. The number of anilines is 1. The minimum Gasteiger partial charge on any atom is -0.507 e. The number of amides is 1. The summed E-state index contributed by atoms with van der Waals surface area (Å²) in [5.74, 6) is 0.101. The lowest BCUT2D eigenvalue weighted by Crippen LogP contribution is -2.40. The number of nitrogens with one attached hydrogen (secondary N) is 1. The average Bonchev–Trinajstić information content (AvgIpc) is 2.86. The van der Waals surface area contributed by atoms with Crippen molar-refractivity contribution in [1.82, 2.24) is 5.43 Å². The van der Waals surface area contributed by atoms with Crippen LogP contribution in [-0.4, -0.2) is 45.9 Å². The fourth-order valence-electron chi connectivity index (χ4n) is 3.16. The van der Waals surface area contributed by atoms with E-state index < -0.39 is 22.5 Å². The van der Waals surface area contributed by atoms with Crippen LogP contribution in [0.5, 0.6) is 17.2 Å². The zero-order valence-corrected chi connectivity index (χ0v) is 19.7. The molecule has 0 atom stereocenters. The molecule has 0 fully saturated rings. The summed E-state index contributed by atoms with van der Waals surface area (Å²) in [7, 11) is -1.26. The Labute approximate surface area is 198 Å². The van der Waals surface area contributed by atoms with Crippen LogP contribution in [0.4, 0.5) is 5.69 Å². The van der Waals surface area contributed by atoms with Crippen molar-refractivity contribution in [3.05, 3.63) is 78.4 Å². The Morgan fingerprint density at radius 1 is 0.971 bits per heavy atom. The molecule has 0 bridgehead atoms. The van der Waals surface area contributed by atoms with Gasteiger partial charge in [-0.25, -0.2) is 13.8 Å². The summed E-state index contributed by atoms with van der Waals surface area (Å²) in [6.07, 6.45) is 0. The van der Waals surface area contributed by atoms with E-state index in [9.17, 15) is 18.3 Å². The van der Waals surface area contributed by atoms with Crippen LogP contribution in [-0.2, 0) is 14.8 Å². The highest BCUT2D eigenvalue weighted by Gasteiger charge is 2.29. The molecule has 0 aliphatic rings. The van der Waals surface area contributed by atoms with Gasteiger partial charge < -0.3 is 14.6 Å². The van der Waals surface area contributed by atoms with Gasteiger partial charge in [0.15, 0.2) is 0 Å². The maximum absolute atomic E-state index is 13.5. The third kappa shape index (κ3) is 5.46. The number of carbonyl (C=O) groups excluding carboxylic acids is 1. The minimum atomic E-state index is -4.16. The molecule has 10 heteroatoms. The van der Waals surface area contributed by atoms with E-state index in [1.165, 1.54) is 44.6 Å². The van der Waals surface area contributed by atoms with Crippen LogP contribution in [0, 0.1) is 0 Å². The maximum Gasteiger partial charge on any atom is 0.264 e. The molecule has 0 aliphatic heterocycles. The fraction of sp³-hybridized carbons (Fsp3) is 0.167. The fourth-order valence-corrected chi connectivity index (χ4v) is 4.59. The van der Waals surface area contributed by atoms with Crippen LogP contribution in [0.3, 0.4) is 0 Å². The maximum atomic E-state index is 13.5. The summed E-state index contributed by atoms with van der Waals surface area (Å²) in [6.45, 7) is 1.05. The molecule has 9 nitrogen and oxygen atoms in total. The number of rotatable bonds is 9. The van der Waals surface area contributed by atoms with E-state index in [1.807, 2.05) is 0 Å². The molecular formula is C24H25N3O6S. The van der Waals surface area contributed by atoms with Gasteiger partial charge in [-0.15, -0.1) is 0 Å². The predicted octanol–water partition coefficient (Wildman–Crippen LogP) is 3.15. The predicted molar refractivity (Wildman–Crippen MR) is 129 cm³/mol. The molecule has 2 N–H and O–H groups in total. The SMILES string of the molecule is COc1ccc(S(=O)(=O)N(CC(=O)N/N=C(/C)c2ccccc2O)c2ccccc2OC)cc1. The first-order valence-corrected chi connectivity index (χ1v) is 11.6. The summed E-state index contributed by atoms with van der Waals surface area (Å²) in [5.41, 5.74) is 3.35. The molecule has 3 rings (SSSR count). The Bertz CT molecular complexity index is 1290. The van der Waals surface area contributed by atoms with E-state index in [4.69, 9.17) is 9.47 Å². The number of methoxy groups -OCH3 is 2. The number of sulfonamides is 1. The summed E-state index contributed by atoms with van der Waals surface area (Å²) >= 11 is 0. The molecule has 0 saturated carbocycles. The molecule has 0 spiro atoms. The summed E-state index contributed by atoms with van der Waals surface area (Å²) in [5, 5.41) is 14.0. The Balaban J connectivity index is 1.93. The second-order valence-electron chi connectivity index (χ2n) is 7.11. The number of hydrogen-bond acceptors (Lipinski definition) is 7. The topological polar surface area (TPSA) is 118 Å². The van der Waals surface area contributed by atoms with E-state index in [-0.39, 0.29) is 22.1 Å². The van der Waals surface area contributed by atoms with Crippen LogP contribution in [0.15, 0.2) is 82.8 Å². The van der Waals surface area contributed by atoms with Gasteiger partial charge in [0.2, 0.25) is 0 Å². The largest absolute Gasteiger partial charge is 0.507 e. The third-order valence-electron chi connectivity index (χ3n) is 4.93. The van der Waals surface area contributed by atoms with Crippen LogP contribution in [0.2, 0.25) is 0 Å². The molecule has 3 aromatic carbocycles. The Morgan fingerprint density at radius 3 is 2.26 bits per heavy atom. The highest BCUT2D eigenvalue weighted by molar-refractivity contribution is 7.92. The molecule has 0 aliphatic carbocycles. The highest BCUT2D eigenvalue weighted by Crippen LogP contribution is 2.32. The number of hydrazone groups is 1. The number of phenolic OH excluding ortho intramolecular Hbond substituents is 1. The van der Waals surface area contributed by atoms with Crippen LogP contribution < -0.4 is 19.2 Å². The summed E-state index contributed by atoms with van der Waals surface area (Å²) in [6, 6.07) is 18.9. The number of para-hydroxylation sites is 3. The lowest BCUT2D eigenvalue weighted by atomic mass is 10.1. The van der Waals surface area contributed by atoms with Crippen molar-refractivity contribution in [2.75, 3.05) is 25.1 Å². The van der Waals surface area contributed by atoms with Gasteiger partial charge in [0, 0.05) is 5.56 Å². The third-order valence-corrected chi connectivity index (χ3v) is 6.70. The average molecular weight is 484 g/mol. The molecular weight excluding hydrogens is 458 g/mol. The first kappa shape index (κ1) is 24.6. The monoisotopic (exact) mass is 483 g/mol. The van der Waals surface area contributed by atoms with Crippen molar-refractivity contribution < 1.29 is 27.8 Å². The molecule has 178 valence electrons. The van der Waals surface area contributed by atoms with Gasteiger partial charge in [-0.05, 0) is 55.5 Å². The van der Waals surface area contributed by atoms with E-state index in [0.717, 1.165) is 4.31 Å². The molecule has 0 aromatic heterocycles. The number of carbonyl (C=O) groups is 1. The second-order valence-corrected chi connectivity index (χ2v) is 8.97. The summed E-state index contributed by atoms with van der Waals surface area (Å²) in [4.78, 5) is 12.8. The van der Waals surface area contributed by atoms with Crippen LogP contribution >= 0.6 is 0 Å². The number of phenols is 1. The van der Waals surface area contributed by atoms with Gasteiger partial charge in [-0.2, -0.15) is 5.10 Å². The smallest absolute Gasteiger partial charge is 0.264 e. The number of ether oxygens (including phenoxy) is 2. The molecule has 1 amide bonds. The highest BCUT2D eigenvalue weighted by atomic mass is 32.2. The first-order valence-electron chi connectivity index (χ1n) is 10.2. The van der Waals surface area contributed by atoms with Crippen molar-refractivity contribution in [3.63, 3.8) is 0 Å². The lowest BCUT2D eigenvalue weighted by Gasteiger charge is -2.25. The Kier molecular flexibility index (Phi) is 7.75. The normalized spacial score (nSPS) is 11.6. The van der Waals surface area contributed by atoms with Crippen molar-refractivity contribution in [3.8, 4) is 17.2 Å². The van der Waals surface area contributed by atoms with E-state index in [2.05, 4.69) is 10.5 Å². The van der Waals surface area contributed by atoms with Gasteiger partial charge in [0.25, 0.3) is 15.9 Å². The number of aromatic hydroxyl groups is 1. The molecule has 0 saturated heterocycles.